The number of nitrogens with zero attached hydrogens (tertiary/aromatic N) is 1. The molecule has 128 valence electrons. The third-order valence-corrected chi connectivity index (χ3v) is 4.34. The quantitative estimate of drug-likeness (QED) is 0.708. The van der Waals surface area contributed by atoms with Gasteiger partial charge in [0.2, 0.25) is 0 Å². The van der Waals surface area contributed by atoms with Crippen molar-refractivity contribution in [3.8, 4) is 0 Å². The Kier molecular flexibility index (Phi) is 6.67. The number of carbonyl (C=O) groups is 1. The van der Waals surface area contributed by atoms with Crippen molar-refractivity contribution in [3.05, 3.63) is 29.8 Å². The molecule has 2 rings (SSSR count). The number of rotatable bonds is 7. The van der Waals surface area contributed by atoms with Gasteiger partial charge in [0.1, 0.15) is 0 Å². The van der Waals surface area contributed by atoms with Crippen LogP contribution in [0.2, 0.25) is 0 Å². The van der Waals surface area contributed by atoms with E-state index in [0.29, 0.717) is 25.5 Å². The second-order valence-corrected chi connectivity index (χ2v) is 5.98. The van der Waals surface area contributed by atoms with E-state index in [1.54, 1.807) is 7.11 Å². The summed E-state index contributed by atoms with van der Waals surface area (Å²) >= 11 is 0. The summed E-state index contributed by atoms with van der Waals surface area (Å²) in [5.74, 6) is 0.319. The van der Waals surface area contributed by atoms with E-state index in [1.807, 2.05) is 12.1 Å². The number of anilines is 1. The molecule has 0 aliphatic carbocycles. The molecule has 1 aromatic carbocycles. The first kappa shape index (κ1) is 17.6. The van der Waals surface area contributed by atoms with Crippen molar-refractivity contribution in [3.63, 3.8) is 0 Å². The van der Waals surface area contributed by atoms with Crippen LogP contribution >= 0.6 is 0 Å². The van der Waals surface area contributed by atoms with E-state index >= 15 is 0 Å². The number of methoxy groups -OCH3 is 1. The van der Waals surface area contributed by atoms with Crippen LogP contribution in [0, 0.1) is 0 Å². The molecule has 3 N–H and O–H groups in total. The van der Waals surface area contributed by atoms with Crippen LogP contribution in [0.5, 0.6) is 0 Å². The average Bonchev–Trinajstić information content (AvgIpc) is 2.58. The molecule has 0 aromatic heterocycles. The third-order valence-electron chi connectivity index (χ3n) is 4.34. The van der Waals surface area contributed by atoms with E-state index in [9.17, 15) is 9.90 Å². The Morgan fingerprint density at radius 2 is 2.26 bits per heavy atom. The Bertz CT molecular complexity index is 510. The first-order valence-corrected chi connectivity index (χ1v) is 8.10. The molecule has 0 saturated heterocycles. The highest BCUT2D eigenvalue weighted by Gasteiger charge is 2.23. The molecule has 1 aliphatic rings. The summed E-state index contributed by atoms with van der Waals surface area (Å²) in [6, 6.07) is 7.81. The number of urea groups is 1. The summed E-state index contributed by atoms with van der Waals surface area (Å²) < 4.78 is 4.97. The largest absolute Gasteiger partial charge is 0.394 e. The van der Waals surface area contributed by atoms with E-state index in [0.717, 1.165) is 13.0 Å². The third kappa shape index (κ3) is 4.84. The van der Waals surface area contributed by atoms with Gasteiger partial charge in [-0.2, -0.15) is 0 Å². The summed E-state index contributed by atoms with van der Waals surface area (Å²) in [5, 5.41) is 15.0. The minimum absolute atomic E-state index is 0.0894. The van der Waals surface area contributed by atoms with Gasteiger partial charge in [-0.05, 0) is 24.5 Å². The minimum Gasteiger partial charge on any atom is -0.394 e. The number of hydrogen-bond donors (Lipinski definition) is 3. The highest BCUT2D eigenvalue weighted by Crippen LogP contribution is 2.33. The van der Waals surface area contributed by atoms with Gasteiger partial charge in [-0.3, -0.25) is 0 Å². The van der Waals surface area contributed by atoms with E-state index < -0.39 is 0 Å². The van der Waals surface area contributed by atoms with Crippen LogP contribution in [-0.4, -0.2) is 57.6 Å². The van der Waals surface area contributed by atoms with Crippen molar-refractivity contribution < 1.29 is 14.6 Å². The zero-order valence-electron chi connectivity index (χ0n) is 13.9. The smallest absolute Gasteiger partial charge is 0.315 e. The number of benzene rings is 1. The number of fused-ring (bicyclic) bond motifs is 1. The maximum absolute atomic E-state index is 12.0. The number of hydrogen-bond acceptors (Lipinski definition) is 4. The molecule has 1 aliphatic heterocycles. The van der Waals surface area contributed by atoms with Gasteiger partial charge in [0.15, 0.2) is 0 Å². The summed E-state index contributed by atoms with van der Waals surface area (Å²) in [5.41, 5.74) is 2.51. The highest BCUT2D eigenvalue weighted by atomic mass is 16.5. The number of nitrogens with one attached hydrogen (secondary N) is 2. The number of amides is 2. The molecular formula is C17H27N3O3. The van der Waals surface area contributed by atoms with E-state index in [1.165, 1.54) is 11.3 Å². The van der Waals surface area contributed by atoms with Crippen LogP contribution in [0.25, 0.3) is 0 Å². The van der Waals surface area contributed by atoms with Gasteiger partial charge in [-0.25, -0.2) is 4.79 Å². The fourth-order valence-corrected chi connectivity index (χ4v) is 2.94. The van der Waals surface area contributed by atoms with Gasteiger partial charge >= 0.3 is 6.03 Å². The van der Waals surface area contributed by atoms with Gasteiger partial charge < -0.3 is 25.4 Å². The standard InChI is InChI=1S/C17H27N3O3/c1-20-9-7-13(15-5-3-4-6-16(15)20)11-18-17(22)19-14(12-21)8-10-23-2/h3-6,13-14,21H,7-12H2,1-2H3,(H2,18,19,22)/t13-,14-/m1/s1. The molecule has 0 fully saturated rings. The van der Waals surface area contributed by atoms with E-state index in [-0.39, 0.29) is 18.7 Å². The molecule has 1 aromatic rings. The second-order valence-electron chi connectivity index (χ2n) is 5.98. The number of para-hydroxylation sites is 1. The summed E-state index contributed by atoms with van der Waals surface area (Å²) in [4.78, 5) is 14.3. The predicted octanol–water partition coefficient (Wildman–Crippen LogP) is 1.31. The van der Waals surface area contributed by atoms with Crippen LogP contribution in [0.4, 0.5) is 10.5 Å². The molecule has 2 atom stereocenters. The van der Waals surface area contributed by atoms with Gasteiger partial charge in [-0.15, -0.1) is 0 Å². The molecule has 0 saturated carbocycles. The SMILES string of the molecule is COCC[C@H](CO)NC(=O)NC[C@H]1CCN(C)c2ccccc21. The lowest BCUT2D eigenvalue weighted by molar-refractivity contribution is 0.159. The molecule has 0 bridgehead atoms. The maximum Gasteiger partial charge on any atom is 0.315 e. The number of aliphatic hydroxyl groups excluding tert-OH is 1. The van der Waals surface area contributed by atoms with Crippen LogP contribution in [0.1, 0.15) is 24.3 Å². The van der Waals surface area contributed by atoms with Crippen molar-refractivity contribution >= 4 is 11.7 Å². The van der Waals surface area contributed by atoms with Crippen LogP contribution < -0.4 is 15.5 Å². The van der Waals surface area contributed by atoms with Gasteiger partial charge in [0, 0.05) is 45.5 Å². The molecular weight excluding hydrogens is 294 g/mol. The monoisotopic (exact) mass is 321 g/mol. The molecule has 23 heavy (non-hydrogen) atoms. The Morgan fingerprint density at radius 1 is 1.48 bits per heavy atom. The molecule has 1 heterocycles. The Balaban J connectivity index is 1.86. The molecule has 0 radical (unpaired) electrons. The van der Waals surface area contributed by atoms with Crippen molar-refractivity contribution in [2.75, 3.05) is 45.4 Å². The van der Waals surface area contributed by atoms with Crippen LogP contribution in [0.3, 0.4) is 0 Å². The van der Waals surface area contributed by atoms with E-state index in [4.69, 9.17) is 4.74 Å². The Hall–Kier alpha value is -1.79. The van der Waals surface area contributed by atoms with Crippen LogP contribution in [-0.2, 0) is 4.74 Å². The van der Waals surface area contributed by atoms with Crippen molar-refractivity contribution in [1.29, 1.82) is 0 Å². The fraction of sp³-hybridized carbons (Fsp3) is 0.588. The fourth-order valence-electron chi connectivity index (χ4n) is 2.94. The normalized spacial score (nSPS) is 18.2. The van der Waals surface area contributed by atoms with Gasteiger partial charge in [-0.1, -0.05) is 18.2 Å². The lowest BCUT2D eigenvalue weighted by Gasteiger charge is -2.33. The molecule has 0 unspecified atom stereocenters. The minimum atomic E-state index is -0.278. The van der Waals surface area contributed by atoms with Gasteiger partial charge in [0.05, 0.1) is 12.6 Å². The molecule has 0 spiro atoms. The predicted molar refractivity (Wildman–Crippen MR) is 91.0 cm³/mol. The highest BCUT2D eigenvalue weighted by molar-refractivity contribution is 5.74. The topological polar surface area (TPSA) is 73.8 Å². The Morgan fingerprint density at radius 3 is 3.00 bits per heavy atom. The second kappa shape index (κ2) is 8.74. The number of aliphatic hydroxyl groups is 1. The zero-order valence-corrected chi connectivity index (χ0v) is 13.9. The molecule has 2 amide bonds. The molecule has 6 heteroatoms. The zero-order chi connectivity index (χ0) is 16.7. The lowest BCUT2D eigenvalue weighted by Crippen LogP contribution is -2.45. The van der Waals surface area contributed by atoms with Crippen molar-refractivity contribution in [2.45, 2.75) is 24.8 Å². The number of carbonyl (C=O) groups excluding carboxylic acids is 1. The maximum atomic E-state index is 12.0. The number of ether oxygens (including phenoxy) is 1. The van der Waals surface area contributed by atoms with Crippen molar-refractivity contribution in [1.82, 2.24) is 10.6 Å². The first-order chi connectivity index (χ1) is 11.2. The Labute approximate surface area is 137 Å². The average molecular weight is 321 g/mol. The first-order valence-electron chi connectivity index (χ1n) is 8.10. The summed E-state index contributed by atoms with van der Waals surface area (Å²) in [6.07, 6.45) is 1.61. The van der Waals surface area contributed by atoms with Crippen LogP contribution in [0.15, 0.2) is 24.3 Å². The van der Waals surface area contributed by atoms with E-state index in [2.05, 4.69) is 34.7 Å². The molecule has 6 nitrogen and oxygen atoms in total. The summed E-state index contributed by atoms with van der Waals surface area (Å²) in [6.45, 7) is 2.00. The summed E-state index contributed by atoms with van der Waals surface area (Å²) in [7, 11) is 3.70. The lowest BCUT2D eigenvalue weighted by atomic mass is 9.90. The van der Waals surface area contributed by atoms with Crippen molar-refractivity contribution in [2.24, 2.45) is 0 Å². The van der Waals surface area contributed by atoms with Gasteiger partial charge in [0.25, 0.3) is 0 Å².